The molecule has 4 aliphatic rings. The Morgan fingerprint density at radius 1 is 1.10 bits per heavy atom. The van der Waals surface area contributed by atoms with Gasteiger partial charge in [-0.1, -0.05) is 17.9 Å². The summed E-state index contributed by atoms with van der Waals surface area (Å²) in [5.41, 5.74) is 4.02. The highest BCUT2D eigenvalue weighted by molar-refractivity contribution is 5.85. The van der Waals surface area contributed by atoms with Crippen LogP contribution in [0.15, 0.2) is 55.1 Å². The highest BCUT2D eigenvalue weighted by Crippen LogP contribution is 2.36. The summed E-state index contributed by atoms with van der Waals surface area (Å²) in [5.74, 6) is 7.75. The Bertz CT molecular complexity index is 1660. The number of fused-ring (bicyclic) bond motifs is 3. The number of aliphatic hydroxyl groups is 1. The molecule has 0 aromatic carbocycles. The van der Waals surface area contributed by atoms with Crippen LogP contribution in [0.3, 0.4) is 0 Å². The van der Waals surface area contributed by atoms with Crippen LogP contribution in [-0.2, 0) is 6.54 Å². The van der Waals surface area contributed by atoms with Crippen molar-refractivity contribution >= 4 is 11.3 Å². The smallest absolute Gasteiger partial charge is 0.212 e. The van der Waals surface area contributed by atoms with Crippen molar-refractivity contribution in [2.24, 2.45) is 0 Å². The summed E-state index contributed by atoms with van der Waals surface area (Å²) < 4.78 is 6.88. The Kier molecular flexibility index (Phi) is 5.92. The number of aromatic nitrogens is 4. The predicted molar refractivity (Wildman–Crippen MR) is 150 cm³/mol. The van der Waals surface area contributed by atoms with E-state index in [1.54, 1.807) is 17.8 Å². The standard InChI is InChI=1S/C31H29N7O2/c1-40-29-6-3-22(14-34-29)17-37-25-12-26(37)20-36(19-25)28-5-4-23(15-33-28)27-11-21(7-10-31(39)8-2-9-31)18-38-30(27)24(13-32)16-35-38/h3-6,11,14-16,18,25-26,39H,2,8-9,12,17,19-20H2,1H3. The van der Waals surface area contributed by atoms with E-state index in [9.17, 15) is 10.4 Å². The number of rotatable bonds is 5. The molecular formula is C31H29N7O2. The zero-order valence-corrected chi connectivity index (χ0v) is 22.3. The first kappa shape index (κ1) is 24.6. The second kappa shape index (κ2) is 9.63. The third kappa shape index (κ3) is 4.34. The molecule has 4 fully saturated rings. The minimum atomic E-state index is -0.892. The molecule has 8 rings (SSSR count). The van der Waals surface area contributed by atoms with E-state index in [4.69, 9.17) is 9.72 Å². The van der Waals surface area contributed by atoms with Gasteiger partial charge in [0.15, 0.2) is 0 Å². The van der Waals surface area contributed by atoms with Gasteiger partial charge in [-0.05, 0) is 49.4 Å². The van der Waals surface area contributed by atoms with Gasteiger partial charge in [0.2, 0.25) is 5.88 Å². The van der Waals surface area contributed by atoms with Crippen molar-refractivity contribution in [1.82, 2.24) is 24.5 Å². The van der Waals surface area contributed by atoms with E-state index in [1.165, 1.54) is 12.0 Å². The highest BCUT2D eigenvalue weighted by Gasteiger charge is 2.44. The van der Waals surface area contributed by atoms with Gasteiger partial charge < -0.3 is 14.7 Å². The molecule has 4 aromatic rings. The van der Waals surface area contributed by atoms with Gasteiger partial charge in [-0.3, -0.25) is 4.90 Å². The Morgan fingerprint density at radius 3 is 2.60 bits per heavy atom. The summed E-state index contributed by atoms with van der Waals surface area (Å²) in [7, 11) is 1.63. The van der Waals surface area contributed by atoms with Crippen molar-refractivity contribution in [1.29, 1.82) is 5.26 Å². The van der Waals surface area contributed by atoms with Gasteiger partial charge in [-0.2, -0.15) is 10.4 Å². The van der Waals surface area contributed by atoms with Crippen molar-refractivity contribution in [2.75, 3.05) is 25.1 Å². The number of pyridine rings is 3. The molecule has 200 valence electrons. The Balaban J connectivity index is 1.11. The number of methoxy groups -OCH3 is 1. The summed E-state index contributed by atoms with van der Waals surface area (Å²) >= 11 is 0. The number of anilines is 1. The molecular weight excluding hydrogens is 502 g/mol. The molecule has 7 heterocycles. The lowest BCUT2D eigenvalue weighted by molar-refractivity contribution is -0.00876. The largest absolute Gasteiger partial charge is 0.481 e. The summed E-state index contributed by atoms with van der Waals surface area (Å²) in [6.45, 7) is 2.77. The maximum absolute atomic E-state index is 10.4. The molecule has 0 amide bonds. The molecule has 0 spiro atoms. The molecule has 2 unspecified atom stereocenters. The summed E-state index contributed by atoms with van der Waals surface area (Å²) in [5, 5.41) is 24.5. The van der Waals surface area contributed by atoms with Gasteiger partial charge in [-0.25, -0.2) is 14.5 Å². The van der Waals surface area contributed by atoms with Gasteiger partial charge in [0.05, 0.1) is 24.4 Å². The minimum absolute atomic E-state index is 0.493. The number of piperidine rings is 1. The van der Waals surface area contributed by atoms with E-state index >= 15 is 0 Å². The molecule has 2 bridgehead atoms. The number of nitrogens with zero attached hydrogens (tertiary/aromatic N) is 7. The third-order valence-corrected chi connectivity index (χ3v) is 8.45. The lowest BCUT2D eigenvalue weighted by atomic mass is 9.81. The van der Waals surface area contributed by atoms with Crippen LogP contribution < -0.4 is 9.64 Å². The van der Waals surface area contributed by atoms with Gasteiger partial charge in [0.1, 0.15) is 17.5 Å². The average Bonchev–Trinajstić information content (AvgIpc) is 3.41. The van der Waals surface area contributed by atoms with Crippen LogP contribution >= 0.6 is 0 Å². The van der Waals surface area contributed by atoms with Crippen LogP contribution in [0.2, 0.25) is 0 Å². The quantitative estimate of drug-likeness (QED) is 0.391. The van der Waals surface area contributed by atoms with Crippen LogP contribution in [0.4, 0.5) is 5.82 Å². The van der Waals surface area contributed by atoms with Crippen LogP contribution in [-0.4, -0.2) is 67.5 Å². The second-order valence-electron chi connectivity index (χ2n) is 11.0. The SMILES string of the molecule is COc1ccc(CN2C3CC2CN(c2ccc(-c4cc(C#CC5(O)CCC5)cn5ncc(C#N)c45)cn2)C3)cn1. The van der Waals surface area contributed by atoms with Gasteiger partial charge in [0, 0.05) is 73.1 Å². The molecule has 9 heteroatoms. The monoisotopic (exact) mass is 531 g/mol. The van der Waals surface area contributed by atoms with Crippen LogP contribution in [0, 0.1) is 23.2 Å². The molecule has 1 N–H and O–H groups in total. The maximum atomic E-state index is 10.4. The van der Waals surface area contributed by atoms with Crippen molar-refractivity contribution in [3.63, 3.8) is 0 Å². The highest BCUT2D eigenvalue weighted by atomic mass is 16.5. The molecule has 1 aliphatic carbocycles. The summed E-state index contributed by atoms with van der Waals surface area (Å²) in [6, 6.07) is 13.3. The fourth-order valence-corrected chi connectivity index (χ4v) is 6.02. The van der Waals surface area contributed by atoms with Crippen LogP contribution in [0.25, 0.3) is 16.6 Å². The molecule has 0 radical (unpaired) electrons. The summed E-state index contributed by atoms with van der Waals surface area (Å²) in [6.07, 6.45) is 10.8. The second-order valence-corrected chi connectivity index (χ2v) is 11.0. The first-order chi connectivity index (χ1) is 19.5. The van der Waals surface area contributed by atoms with Crippen molar-refractivity contribution < 1.29 is 9.84 Å². The van der Waals surface area contributed by atoms with E-state index in [1.807, 2.05) is 30.7 Å². The fourth-order valence-electron chi connectivity index (χ4n) is 6.02. The molecule has 1 saturated carbocycles. The van der Waals surface area contributed by atoms with Crippen LogP contribution in [0.1, 0.15) is 42.4 Å². The van der Waals surface area contributed by atoms with E-state index in [-0.39, 0.29) is 0 Å². The van der Waals surface area contributed by atoms with Gasteiger partial charge >= 0.3 is 0 Å². The number of nitriles is 1. The van der Waals surface area contributed by atoms with Crippen LogP contribution in [0.5, 0.6) is 5.88 Å². The van der Waals surface area contributed by atoms with Crippen molar-refractivity contribution in [3.8, 4) is 34.9 Å². The van der Waals surface area contributed by atoms with E-state index in [0.29, 0.717) is 36.4 Å². The fraction of sp³-hybridized carbons (Fsp3) is 0.355. The number of hydrogen-bond acceptors (Lipinski definition) is 8. The summed E-state index contributed by atoms with van der Waals surface area (Å²) in [4.78, 5) is 14.1. The lowest BCUT2D eigenvalue weighted by Gasteiger charge is -2.56. The molecule has 9 nitrogen and oxygen atoms in total. The molecule has 3 aliphatic heterocycles. The zero-order chi connectivity index (χ0) is 27.3. The molecule has 40 heavy (non-hydrogen) atoms. The van der Waals surface area contributed by atoms with Gasteiger partial charge in [-0.15, -0.1) is 0 Å². The van der Waals surface area contributed by atoms with E-state index < -0.39 is 5.60 Å². The van der Waals surface area contributed by atoms with E-state index in [0.717, 1.165) is 54.1 Å². The van der Waals surface area contributed by atoms with Gasteiger partial charge in [0.25, 0.3) is 0 Å². The van der Waals surface area contributed by atoms with Crippen molar-refractivity contribution in [2.45, 2.75) is 49.9 Å². The molecule has 4 aromatic heterocycles. The number of ether oxygens (including phenoxy) is 1. The first-order valence-electron chi connectivity index (χ1n) is 13.6. The Labute approximate surface area is 232 Å². The Morgan fingerprint density at radius 2 is 1.95 bits per heavy atom. The third-order valence-electron chi connectivity index (χ3n) is 8.45. The maximum Gasteiger partial charge on any atom is 0.212 e. The molecule has 2 atom stereocenters. The predicted octanol–water partition coefficient (Wildman–Crippen LogP) is 3.40. The zero-order valence-electron chi connectivity index (χ0n) is 22.3. The first-order valence-corrected chi connectivity index (χ1v) is 13.6. The number of hydrogen-bond donors (Lipinski definition) is 1. The van der Waals surface area contributed by atoms with Crippen molar-refractivity contribution in [3.05, 3.63) is 71.8 Å². The normalized spacial score (nSPS) is 21.1. The minimum Gasteiger partial charge on any atom is -0.481 e. The topological polar surface area (TPSA) is 103 Å². The average molecular weight is 532 g/mol. The Hall–Kier alpha value is -4.44. The molecule has 3 saturated heterocycles. The number of piperazine rings is 1. The lowest BCUT2D eigenvalue weighted by Crippen LogP contribution is -2.68. The van der Waals surface area contributed by atoms with E-state index in [2.05, 4.69) is 56.0 Å².